The number of para-hydroxylation sites is 1. The molecule has 0 unspecified atom stereocenters. The number of halogens is 2. The fourth-order valence-electron chi connectivity index (χ4n) is 2.02. The molecule has 2 N–H and O–H groups in total. The second kappa shape index (κ2) is 5.83. The monoisotopic (exact) mass is 363 g/mol. The van der Waals surface area contributed by atoms with Crippen molar-refractivity contribution in [2.45, 2.75) is 6.54 Å². The van der Waals surface area contributed by atoms with E-state index < -0.39 is 0 Å². The van der Waals surface area contributed by atoms with Crippen molar-refractivity contribution in [3.63, 3.8) is 0 Å². The van der Waals surface area contributed by atoms with Gasteiger partial charge in [-0.25, -0.2) is 4.68 Å². The van der Waals surface area contributed by atoms with E-state index in [1.54, 1.807) is 10.7 Å². The van der Waals surface area contributed by atoms with Crippen LogP contribution >= 0.6 is 27.5 Å². The first-order valence-corrected chi connectivity index (χ1v) is 7.38. The van der Waals surface area contributed by atoms with Gasteiger partial charge in [-0.3, -0.25) is 0 Å². The van der Waals surface area contributed by atoms with Gasteiger partial charge in [0.15, 0.2) is 5.82 Å². The van der Waals surface area contributed by atoms with Crippen LogP contribution in [0.25, 0.3) is 11.4 Å². The third kappa shape index (κ3) is 2.77. The van der Waals surface area contributed by atoms with E-state index in [9.17, 15) is 0 Å². The molecule has 0 aliphatic heterocycles. The van der Waals surface area contributed by atoms with Gasteiger partial charge in [-0.2, -0.15) is 0 Å². The summed E-state index contributed by atoms with van der Waals surface area (Å²) in [7, 11) is 0. The minimum absolute atomic E-state index is 0.474. The van der Waals surface area contributed by atoms with Gasteiger partial charge in [-0.15, -0.1) is 5.10 Å². The molecule has 3 rings (SSSR count). The first-order valence-electron chi connectivity index (χ1n) is 6.21. The van der Waals surface area contributed by atoms with Crippen LogP contribution in [-0.2, 0) is 6.54 Å². The van der Waals surface area contributed by atoms with Crippen LogP contribution in [-0.4, -0.2) is 20.2 Å². The Kier molecular flexibility index (Phi) is 3.90. The van der Waals surface area contributed by atoms with Crippen molar-refractivity contribution in [1.82, 2.24) is 20.2 Å². The lowest BCUT2D eigenvalue weighted by atomic mass is 10.1. The summed E-state index contributed by atoms with van der Waals surface area (Å²) >= 11 is 9.58. The van der Waals surface area contributed by atoms with Crippen LogP contribution in [0.2, 0.25) is 5.02 Å². The van der Waals surface area contributed by atoms with Gasteiger partial charge in [0.25, 0.3) is 0 Å². The first kappa shape index (κ1) is 14.0. The van der Waals surface area contributed by atoms with E-state index >= 15 is 0 Å². The smallest absolute Gasteiger partial charge is 0.184 e. The molecule has 0 bridgehead atoms. The van der Waals surface area contributed by atoms with E-state index in [2.05, 4.69) is 31.5 Å². The molecule has 2 aromatic carbocycles. The Labute approximate surface area is 134 Å². The highest BCUT2D eigenvalue weighted by molar-refractivity contribution is 9.10. The Hall–Kier alpha value is -1.92. The molecular weight excluding hydrogens is 354 g/mol. The standard InChI is InChI=1S/C14H11BrClN5/c15-11-6-2-1-4-9(11)8-21-14(18-19-20-21)10-5-3-7-12(16)13(10)17/h1-7H,8,17H2. The topological polar surface area (TPSA) is 69.6 Å². The SMILES string of the molecule is Nc1c(Cl)cccc1-c1nnnn1Cc1ccccc1Br. The molecule has 0 amide bonds. The van der Waals surface area contributed by atoms with Crippen molar-refractivity contribution in [3.8, 4) is 11.4 Å². The maximum Gasteiger partial charge on any atom is 0.184 e. The summed E-state index contributed by atoms with van der Waals surface area (Å²) in [5.74, 6) is 0.589. The number of nitrogens with two attached hydrogens (primary N) is 1. The molecule has 0 saturated carbocycles. The van der Waals surface area contributed by atoms with Crippen molar-refractivity contribution < 1.29 is 0 Å². The number of nitrogen functional groups attached to an aromatic ring is 1. The van der Waals surface area contributed by atoms with Gasteiger partial charge in [0.05, 0.1) is 17.3 Å². The minimum Gasteiger partial charge on any atom is -0.397 e. The number of hydrogen-bond donors (Lipinski definition) is 1. The fourth-order valence-corrected chi connectivity index (χ4v) is 2.61. The molecule has 1 aromatic heterocycles. The minimum atomic E-state index is 0.474. The predicted molar refractivity (Wildman–Crippen MR) is 85.9 cm³/mol. The van der Waals surface area contributed by atoms with Crippen LogP contribution < -0.4 is 5.73 Å². The van der Waals surface area contributed by atoms with E-state index in [0.29, 0.717) is 23.1 Å². The largest absolute Gasteiger partial charge is 0.397 e. The summed E-state index contributed by atoms with van der Waals surface area (Å²) < 4.78 is 2.70. The number of rotatable bonds is 3. The van der Waals surface area contributed by atoms with Gasteiger partial charge in [0, 0.05) is 10.0 Å². The summed E-state index contributed by atoms with van der Waals surface area (Å²) in [6.07, 6.45) is 0. The molecule has 5 nitrogen and oxygen atoms in total. The van der Waals surface area contributed by atoms with E-state index in [0.717, 1.165) is 15.6 Å². The summed E-state index contributed by atoms with van der Waals surface area (Å²) in [4.78, 5) is 0. The van der Waals surface area contributed by atoms with E-state index in [4.69, 9.17) is 17.3 Å². The maximum absolute atomic E-state index is 6.06. The second-order valence-corrected chi connectivity index (χ2v) is 5.71. The normalized spacial score (nSPS) is 10.8. The third-order valence-corrected chi connectivity index (χ3v) is 4.21. The molecule has 0 spiro atoms. The average Bonchev–Trinajstić information content (AvgIpc) is 2.92. The van der Waals surface area contributed by atoms with Gasteiger partial charge < -0.3 is 5.73 Å². The van der Waals surface area contributed by atoms with Gasteiger partial charge >= 0.3 is 0 Å². The van der Waals surface area contributed by atoms with E-state index in [1.165, 1.54) is 0 Å². The summed E-state index contributed by atoms with van der Waals surface area (Å²) in [6.45, 7) is 0.537. The van der Waals surface area contributed by atoms with Crippen molar-refractivity contribution in [2.24, 2.45) is 0 Å². The van der Waals surface area contributed by atoms with Gasteiger partial charge in [0.1, 0.15) is 0 Å². The van der Waals surface area contributed by atoms with Gasteiger partial charge in [-0.1, -0.05) is 51.8 Å². The highest BCUT2D eigenvalue weighted by atomic mass is 79.9. The van der Waals surface area contributed by atoms with Crippen molar-refractivity contribution >= 4 is 33.2 Å². The lowest BCUT2D eigenvalue weighted by molar-refractivity contribution is 0.652. The molecule has 0 fully saturated rings. The van der Waals surface area contributed by atoms with Gasteiger partial charge in [-0.05, 0) is 34.2 Å². The molecule has 3 aromatic rings. The van der Waals surface area contributed by atoms with Gasteiger partial charge in [0.2, 0.25) is 0 Å². The molecule has 106 valence electrons. The van der Waals surface area contributed by atoms with Crippen molar-refractivity contribution in [3.05, 3.63) is 57.5 Å². The lowest BCUT2D eigenvalue weighted by Gasteiger charge is -2.09. The Morgan fingerprint density at radius 3 is 2.76 bits per heavy atom. The van der Waals surface area contributed by atoms with E-state index in [1.807, 2.05) is 36.4 Å². The highest BCUT2D eigenvalue weighted by Gasteiger charge is 2.14. The number of tetrazole rings is 1. The molecule has 0 radical (unpaired) electrons. The molecular formula is C14H11BrClN5. The summed E-state index contributed by atoms with van der Waals surface area (Å²) in [5.41, 5.74) is 8.29. The molecule has 0 aliphatic rings. The Morgan fingerprint density at radius 1 is 1.14 bits per heavy atom. The van der Waals surface area contributed by atoms with Crippen LogP contribution in [0.15, 0.2) is 46.9 Å². The van der Waals surface area contributed by atoms with E-state index in [-0.39, 0.29) is 0 Å². The van der Waals surface area contributed by atoms with Crippen LogP contribution in [0.4, 0.5) is 5.69 Å². The Morgan fingerprint density at radius 2 is 1.95 bits per heavy atom. The number of benzene rings is 2. The molecule has 0 atom stereocenters. The lowest BCUT2D eigenvalue weighted by Crippen LogP contribution is -2.06. The fraction of sp³-hybridized carbons (Fsp3) is 0.0714. The molecule has 21 heavy (non-hydrogen) atoms. The van der Waals surface area contributed by atoms with Crippen LogP contribution in [0.5, 0.6) is 0 Å². The Bertz CT molecular complexity index is 787. The number of aromatic nitrogens is 4. The first-order chi connectivity index (χ1) is 10.2. The highest BCUT2D eigenvalue weighted by Crippen LogP contribution is 2.30. The molecule has 0 aliphatic carbocycles. The van der Waals surface area contributed by atoms with Crippen LogP contribution in [0, 0.1) is 0 Å². The molecule has 1 heterocycles. The zero-order valence-corrected chi connectivity index (χ0v) is 13.2. The number of nitrogens with zero attached hydrogens (tertiary/aromatic N) is 4. The predicted octanol–water partition coefficient (Wildman–Crippen LogP) is 3.39. The van der Waals surface area contributed by atoms with Crippen molar-refractivity contribution in [1.29, 1.82) is 0 Å². The molecule has 7 heteroatoms. The number of hydrogen-bond acceptors (Lipinski definition) is 4. The average molecular weight is 365 g/mol. The number of anilines is 1. The third-order valence-electron chi connectivity index (χ3n) is 3.10. The zero-order valence-electron chi connectivity index (χ0n) is 10.9. The molecule has 0 saturated heterocycles. The zero-order chi connectivity index (χ0) is 14.8. The second-order valence-electron chi connectivity index (χ2n) is 4.45. The summed E-state index contributed by atoms with van der Waals surface area (Å²) in [6, 6.07) is 13.3. The Balaban J connectivity index is 2.02. The van der Waals surface area contributed by atoms with Crippen LogP contribution in [0.1, 0.15) is 5.56 Å². The maximum atomic E-state index is 6.06. The summed E-state index contributed by atoms with van der Waals surface area (Å²) in [5, 5.41) is 12.3. The van der Waals surface area contributed by atoms with Crippen LogP contribution in [0.3, 0.4) is 0 Å². The quantitative estimate of drug-likeness (QED) is 0.723. The van der Waals surface area contributed by atoms with Crippen molar-refractivity contribution in [2.75, 3.05) is 5.73 Å².